The number of ether oxygens (including phenoxy) is 2. The summed E-state index contributed by atoms with van der Waals surface area (Å²) in [4.78, 5) is 0. The van der Waals surface area contributed by atoms with E-state index < -0.39 is 0 Å². The van der Waals surface area contributed by atoms with Gasteiger partial charge in [-0.3, -0.25) is 0 Å². The molecule has 0 radical (unpaired) electrons. The minimum Gasteiger partial charge on any atom is -0.496 e. The Morgan fingerprint density at radius 2 is 2.12 bits per heavy atom. The number of nitrogens with one attached hydrogen (secondary N) is 1. The Morgan fingerprint density at radius 1 is 1.41 bits per heavy atom. The van der Waals surface area contributed by atoms with Gasteiger partial charge in [-0.2, -0.15) is 0 Å². The summed E-state index contributed by atoms with van der Waals surface area (Å²) < 4.78 is 11.9. The maximum Gasteiger partial charge on any atom is 0.112 e. The maximum absolute atomic E-state index is 6.05. The van der Waals surface area contributed by atoms with Crippen LogP contribution in [-0.2, 0) is 9.47 Å². The van der Waals surface area contributed by atoms with Gasteiger partial charge in [0.2, 0.25) is 0 Å². The second kappa shape index (κ2) is 7.02. The summed E-state index contributed by atoms with van der Waals surface area (Å²) in [5.41, 5.74) is -0.146. The van der Waals surface area contributed by atoms with E-state index in [2.05, 4.69) is 32.2 Å². The van der Waals surface area contributed by atoms with Gasteiger partial charge in [0.25, 0.3) is 0 Å². The van der Waals surface area contributed by atoms with E-state index in [-0.39, 0.29) is 11.6 Å². The Morgan fingerprint density at radius 3 is 2.53 bits per heavy atom. The van der Waals surface area contributed by atoms with Crippen molar-refractivity contribution in [3.8, 4) is 0 Å². The second-order valence-electron chi connectivity index (χ2n) is 4.52. The summed E-state index contributed by atoms with van der Waals surface area (Å²) in [5, 5.41) is 3.38. The molecule has 0 fully saturated rings. The Labute approximate surface area is 106 Å². The van der Waals surface area contributed by atoms with Crippen LogP contribution in [0, 0.1) is 0 Å². The van der Waals surface area contributed by atoms with Crippen LogP contribution < -0.4 is 5.32 Å². The smallest absolute Gasteiger partial charge is 0.112 e. The van der Waals surface area contributed by atoms with Gasteiger partial charge in [-0.25, -0.2) is 0 Å². The first-order chi connectivity index (χ1) is 8.24. The monoisotopic (exact) mass is 241 g/mol. The van der Waals surface area contributed by atoms with Crippen LogP contribution in [0.4, 0.5) is 0 Å². The van der Waals surface area contributed by atoms with Gasteiger partial charge in [-0.15, -0.1) is 0 Å². The van der Waals surface area contributed by atoms with E-state index in [0.717, 1.165) is 44.7 Å². The van der Waals surface area contributed by atoms with E-state index >= 15 is 0 Å². The van der Waals surface area contributed by atoms with Gasteiger partial charge in [0.1, 0.15) is 5.76 Å². The molecule has 0 aliphatic carbocycles. The molecule has 0 amide bonds. The standard InChI is InChI=1S/C14H27NO2/c1-5-14(6-2,17-7-3)13(15-4)12-10-8-9-11-16-12/h10,13,15H,5-9,11H2,1-4H3. The van der Waals surface area contributed by atoms with Crippen molar-refractivity contribution in [2.24, 2.45) is 0 Å². The fourth-order valence-electron chi connectivity index (χ4n) is 2.68. The third-order valence-electron chi connectivity index (χ3n) is 3.69. The molecular weight excluding hydrogens is 214 g/mol. The molecule has 3 nitrogen and oxygen atoms in total. The lowest BCUT2D eigenvalue weighted by molar-refractivity contribution is -0.0739. The number of hydrogen-bond acceptors (Lipinski definition) is 3. The summed E-state index contributed by atoms with van der Waals surface area (Å²) in [7, 11) is 1.99. The minimum absolute atomic E-state index is 0.146. The normalized spacial score (nSPS) is 18.5. The molecule has 0 aromatic rings. The average Bonchev–Trinajstić information content (AvgIpc) is 2.39. The molecule has 0 aromatic heterocycles. The Hall–Kier alpha value is -0.540. The van der Waals surface area contributed by atoms with Crippen molar-refractivity contribution in [1.29, 1.82) is 0 Å². The summed E-state index contributed by atoms with van der Waals surface area (Å²) in [6, 6.07) is 0.165. The summed E-state index contributed by atoms with van der Waals surface area (Å²) >= 11 is 0. The molecule has 1 unspecified atom stereocenters. The highest BCUT2D eigenvalue weighted by atomic mass is 16.5. The molecule has 1 rings (SSSR count). The molecule has 1 aliphatic heterocycles. The maximum atomic E-state index is 6.05. The molecule has 0 spiro atoms. The summed E-state index contributed by atoms with van der Waals surface area (Å²) in [5.74, 6) is 1.07. The number of hydrogen-bond donors (Lipinski definition) is 1. The Bertz CT molecular complexity index is 247. The van der Waals surface area contributed by atoms with Crippen molar-refractivity contribution in [3.05, 3.63) is 11.8 Å². The Kier molecular flexibility index (Phi) is 6.00. The van der Waals surface area contributed by atoms with Crippen molar-refractivity contribution in [2.75, 3.05) is 20.3 Å². The molecule has 1 aliphatic rings. The highest BCUT2D eigenvalue weighted by Gasteiger charge is 2.39. The molecule has 0 saturated carbocycles. The topological polar surface area (TPSA) is 30.5 Å². The Balaban J connectivity index is 2.90. The zero-order valence-corrected chi connectivity index (χ0v) is 11.7. The second-order valence-corrected chi connectivity index (χ2v) is 4.52. The van der Waals surface area contributed by atoms with Gasteiger partial charge in [0.05, 0.1) is 18.2 Å². The number of likely N-dealkylation sites (N-methyl/N-ethyl adjacent to an activating group) is 1. The van der Waals surface area contributed by atoms with Crippen LogP contribution in [0.25, 0.3) is 0 Å². The quantitative estimate of drug-likeness (QED) is 0.743. The van der Waals surface area contributed by atoms with E-state index in [1.807, 2.05) is 7.05 Å². The van der Waals surface area contributed by atoms with Crippen LogP contribution in [0.15, 0.2) is 11.8 Å². The lowest BCUT2D eigenvalue weighted by Crippen LogP contribution is -2.52. The molecule has 17 heavy (non-hydrogen) atoms. The van der Waals surface area contributed by atoms with Crippen molar-refractivity contribution in [1.82, 2.24) is 5.32 Å². The van der Waals surface area contributed by atoms with Crippen LogP contribution in [0.2, 0.25) is 0 Å². The molecule has 0 bridgehead atoms. The minimum atomic E-state index is -0.146. The predicted octanol–water partition coefficient (Wildman–Crippen LogP) is 2.86. The van der Waals surface area contributed by atoms with Crippen LogP contribution in [-0.4, -0.2) is 31.9 Å². The molecule has 1 N–H and O–H groups in total. The average molecular weight is 241 g/mol. The lowest BCUT2D eigenvalue weighted by atomic mass is 9.86. The molecule has 3 heteroatoms. The van der Waals surface area contributed by atoms with Crippen LogP contribution in [0.5, 0.6) is 0 Å². The zero-order chi connectivity index (χ0) is 12.7. The number of rotatable bonds is 7. The van der Waals surface area contributed by atoms with Crippen molar-refractivity contribution in [2.45, 2.75) is 58.1 Å². The van der Waals surface area contributed by atoms with E-state index in [1.165, 1.54) is 0 Å². The van der Waals surface area contributed by atoms with Crippen molar-refractivity contribution >= 4 is 0 Å². The van der Waals surface area contributed by atoms with Gasteiger partial charge < -0.3 is 14.8 Å². The first kappa shape index (κ1) is 14.5. The van der Waals surface area contributed by atoms with Gasteiger partial charge in [-0.1, -0.05) is 13.8 Å². The summed E-state index contributed by atoms with van der Waals surface area (Å²) in [6.45, 7) is 8.01. The molecular formula is C14H27NO2. The number of allylic oxidation sites excluding steroid dienone is 1. The van der Waals surface area contributed by atoms with Crippen LogP contribution in [0.1, 0.15) is 46.5 Å². The fourth-order valence-corrected chi connectivity index (χ4v) is 2.68. The van der Waals surface area contributed by atoms with E-state index in [0.29, 0.717) is 0 Å². The largest absolute Gasteiger partial charge is 0.496 e. The van der Waals surface area contributed by atoms with Gasteiger partial charge >= 0.3 is 0 Å². The first-order valence-electron chi connectivity index (χ1n) is 6.88. The summed E-state index contributed by atoms with van der Waals surface area (Å²) in [6.07, 6.45) is 6.43. The van der Waals surface area contributed by atoms with E-state index in [9.17, 15) is 0 Å². The first-order valence-corrected chi connectivity index (χ1v) is 6.88. The third kappa shape index (κ3) is 3.23. The molecule has 0 aromatic carbocycles. The highest BCUT2D eigenvalue weighted by molar-refractivity contribution is 5.13. The molecule has 0 saturated heterocycles. The van der Waals surface area contributed by atoms with Crippen LogP contribution >= 0.6 is 0 Å². The molecule has 1 heterocycles. The van der Waals surface area contributed by atoms with Gasteiger partial charge in [0, 0.05) is 6.61 Å². The predicted molar refractivity (Wildman–Crippen MR) is 71.1 cm³/mol. The van der Waals surface area contributed by atoms with E-state index in [4.69, 9.17) is 9.47 Å². The molecule has 100 valence electrons. The van der Waals surface area contributed by atoms with Gasteiger partial charge in [-0.05, 0) is 45.7 Å². The molecule has 1 atom stereocenters. The zero-order valence-electron chi connectivity index (χ0n) is 11.7. The third-order valence-corrected chi connectivity index (χ3v) is 3.69. The fraction of sp³-hybridized carbons (Fsp3) is 0.857. The van der Waals surface area contributed by atoms with E-state index in [1.54, 1.807) is 0 Å². The lowest BCUT2D eigenvalue weighted by Gasteiger charge is -2.40. The van der Waals surface area contributed by atoms with Crippen molar-refractivity contribution < 1.29 is 9.47 Å². The van der Waals surface area contributed by atoms with Crippen molar-refractivity contribution in [3.63, 3.8) is 0 Å². The van der Waals surface area contributed by atoms with Crippen LogP contribution in [0.3, 0.4) is 0 Å². The highest BCUT2D eigenvalue weighted by Crippen LogP contribution is 2.31. The SMILES string of the molecule is CCOC(CC)(CC)C(NC)C1=CCCCO1. The van der Waals surface area contributed by atoms with Gasteiger partial charge in [0.15, 0.2) is 0 Å².